The molecular weight excluding hydrogens is 134 g/mol. The maximum atomic E-state index is 12.1. The molecule has 0 heterocycles. The Kier molecular flexibility index (Phi) is 4.58. The first-order valence-electron chi connectivity index (χ1n) is 3.94. The fourth-order valence-corrected chi connectivity index (χ4v) is 0.862. The van der Waals surface area contributed by atoms with Crippen molar-refractivity contribution in [1.29, 1.82) is 0 Å². The monoisotopic (exact) mass is 150 g/mol. The minimum atomic E-state index is -2.45. The summed E-state index contributed by atoms with van der Waals surface area (Å²) >= 11 is 0. The molecule has 0 atom stereocenters. The van der Waals surface area contributed by atoms with Gasteiger partial charge < -0.3 is 0 Å². The van der Waals surface area contributed by atoms with Gasteiger partial charge >= 0.3 is 0 Å². The molecule has 0 aromatic rings. The standard InChI is InChI=1S/C8H16F2/c1-3-4-5-6-7-8(2,9)10/h3-7H2,1-2H3. The number of hydrogen-bond donors (Lipinski definition) is 0. The first-order chi connectivity index (χ1) is 4.56. The van der Waals surface area contributed by atoms with Crippen LogP contribution in [0.3, 0.4) is 0 Å². The van der Waals surface area contributed by atoms with Crippen molar-refractivity contribution in [2.24, 2.45) is 0 Å². The quantitative estimate of drug-likeness (QED) is 0.525. The van der Waals surface area contributed by atoms with Gasteiger partial charge in [0.15, 0.2) is 0 Å². The molecule has 62 valence electrons. The van der Waals surface area contributed by atoms with Gasteiger partial charge in [0.25, 0.3) is 0 Å². The summed E-state index contributed by atoms with van der Waals surface area (Å²) in [4.78, 5) is 0. The minimum absolute atomic E-state index is 0.0486. The Hall–Kier alpha value is -0.140. The number of unbranched alkanes of at least 4 members (excludes halogenated alkanes) is 3. The third kappa shape index (κ3) is 7.86. The molecule has 0 unspecified atom stereocenters. The molecule has 0 saturated heterocycles. The van der Waals surface area contributed by atoms with Gasteiger partial charge in [-0.2, -0.15) is 0 Å². The van der Waals surface area contributed by atoms with Crippen molar-refractivity contribution in [2.45, 2.75) is 51.9 Å². The van der Waals surface area contributed by atoms with E-state index in [1.54, 1.807) is 0 Å². The summed E-state index contributed by atoms with van der Waals surface area (Å²) in [6, 6.07) is 0. The van der Waals surface area contributed by atoms with E-state index in [2.05, 4.69) is 6.92 Å². The molecule has 0 nitrogen and oxygen atoms in total. The van der Waals surface area contributed by atoms with E-state index in [0.29, 0.717) is 6.42 Å². The molecule has 2 heteroatoms. The Labute approximate surface area is 61.6 Å². The molecule has 0 spiro atoms. The lowest BCUT2D eigenvalue weighted by atomic mass is 10.1. The molecule has 0 N–H and O–H groups in total. The lowest BCUT2D eigenvalue weighted by Gasteiger charge is -2.08. The minimum Gasteiger partial charge on any atom is -0.207 e. The second-order valence-electron chi connectivity index (χ2n) is 2.88. The van der Waals surface area contributed by atoms with Crippen LogP contribution in [0.25, 0.3) is 0 Å². The summed E-state index contributed by atoms with van der Waals surface area (Å²) in [5, 5.41) is 0. The molecule has 10 heavy (non-hydrogen) atoms. The molecule has 0 aliphatic heterocycles. The van der Waals surface area contributed by atoms with Crippen molar-refractivity contribution >= 4 is 0 Å². The molecule has 0 bridgehead atoms. The normalized spacial score (nSPS) is 12.0. The zero-order valence-electron chi connectivity index (χ0n) is 6.79. The number of halogens is 2. The largest absolute Gasteiger partial charge is 0.245 e. The highest BCUT2D eigenvalue weighted by Crippen LogP contribution is 2.20. The number of rotatable bonds is 5. The third-order valence-electron chi connectivity index (χ3n) is 1.47. The summed E-state index contributed by atoms with van der Waals surface area (Å²) in [7, 11) is 0. The lowest BCUT2D eigenvalue weighted by Crippen LogP contribution is -2.08. The van der Waals surface area contributed by atoms with E-state index in [0.717, 1.165) is 26.2 Å². The molecule has 0 amide bonds. The highest BCUT2D eigenvalue weighted by atomic mass is 19.3. The second-order valence-corrected chi connectivity index (χ2v) is 2.88. The van der Waals surface area contributed by atoms with Gasteiger partial charge in [-0.1, -0.05) is 26.2 Å². The zero-order valence-corrected chi connectivity index (χ0v) is 6.79. The third-order valence-corrected chi connectivity index (χ3v) is 1.47. The van der Waals surface area contributed by atoms with Crippen LogP contribution in [0.15, 0.2) is 0 Å². The van der Waals surface area contributed by atoms with Crippen molar-refractivity contribution < 1.29 is 8.78 Å². The highest BCUT2D eigenvalue weighted by Gasteiger charge is 2.19. The lowest BCUT2D eigenvalue weighted by molar-refractivity contribution is 0.0104. The van der Waals surface area contributed by atoms with Gasteiger partial charge in [-0.15, -0.1) is 0 Å². The fraction of sp³-hybridized carbons (Fsp3) is 1.00. The van der Waals surface area contributed by atoms with Crippen molar-refractivity contribution in [3.05, 3.63) is 0 Å². The maximum Gasteiger partial charge on any atom is 0.245 e. The average molecular weight is 150 g/mol. The van der Waals surface area contributed by atoms with Crippen LogP contribution in [0.2, 0.25) is 0 Å². The van der Waals surface area contributed by atoms with Gasteiger partial charge in [0.05, 0.1) is 0 Å². The van der Waals surface area contributed by atoms with Gasteiger partial charge in [0.2, 0.25) is 5.92 Å². The highest BCUT2D eigenvalue weighted by molar-refractivity contribution is 4.57. The van der Waals surface area contributed by atoms with E-state index in [-0.39, 0.29) is 6.42 Å². The summed E-state index contributed by atoms with van der Waals surface area (Å²) in [6.45, 7) is 3.06. The predicted molar refractivity (Wildman–Crippen MR) is 39.4 cm³/mol. The van der Waals surface area contributed by atoms with Crippen LogP contribution in [0.5, 0.6) is 0 Å². The van der Waals surface area contributed by atoms with E-state index in [4.69, 9.17) is 0 Å². The van der Waals surface area contributed by atoms with Crippen molar-refractivity contribution in [1.82, 2.24) is 0 Å². The van der Waals surface area contributed by atoms with Crippen LogP contribution >= 0.6 is 0 Å². The molecule has 0 radical (unpaired) electrons. The van der Waals surface area contributed by atoms with Crippen LogP contribution in [-0.4, -0.2) is 5.92 Å². The summed E-state index contributed by atoms with van der Waals surface area (Å²) in [5.41, 5.74) is 0. The Morgan fingerprint density at radius 1 is 1.10 bits per heavy atom. The van der Waals surface area contributed by atoms with Crippen LogP contribution in [-0.2, 0) is 0 Å². The molecule has 0 rings (SSSR count). The molecule has 0 aromatic carbocycles. The van der Waals surface area contributed by atoms with E-state index in [9.17, 15) is 8.78 Å². The van der Waals surface area contributed by atoms with Crippen molar-refractivity contribution in [3.8, 4) is 0 Å². The summed E-state index contributed by atoms with van der Waals surface area (Å²) < 4.78 is 24.3. The van der Waals surface area contributed by atoms with Gasteiger partial charge in [-0.3, -0.25) is 0 Å². The Morgan fingerprint density at radius 2 is 1.70 bits per heavy atom. The first-order valence-corrected chi connectivity index (χ1v) is 3.94. The van der Waals surface area contributed by atoms with E-state index in [1.165, 1.54) is 0 Å². The van der Waals surface area contributed by atoms with Crippen molar-refractivity contribution in [3.63, 3.8) is 0 Å². The fourth-order valence-electron chi connectivity index (χ4n) is 0.862. The zero-order chi connectivity index (χ0) is 8.04. The SMILES string of the molecule is CCCCCCC(C)(F)F. The number of hydrogen-bond acceptors (Lipinski definition) is 0. The average Bonchev–Trinajstić information content (AvgIpc) is 1.78. The van der Waals surface area contributed by atoms with Crippen molar-refractivity contribution in [2.75, 3.05) is 0 Å². The van der Waals surface area contributed by atoms with Gasteiger partial charge in [-0.25, -0.2) is 8.78 Å². The smallest absolute Gasteiger partial charge is 0.207 e. The molecule has 0 saturated carbocycles. The molecule has 0 aliphatic carbocycles. The van der Waals surface area contributed by atoms with Gasteiger partial charge in [0.1, 0.15) is 0 Å². The molecule has 0 fully saturated rings. The molecular formula is C8H16F2. The molecule has 0 aromatic heterocycles. The van der Waals surface area contributed by atoms with Crippen LogP contribution < -0.4 is 0 Å². The van der Waals surface area contributed by atoms with E-state index < -0.39 is 5.92 Å². The van der Waals surface area contributed by atoms with Gasteiger partial charge in [-0.05, 0) is 13.3 Å². The Balaban J connectivity index is 3.04. The first kappa shape index (κ1) is 9.86. The maximum absolute atomic E-state index is 12.1. The Bertz CT molecular complexity index is 73.8. The summed E-state index contributed by atoms with van der Waals surface area (Å²) in [6.07, 6.45) is 3.84. The Morgan fingerprint density at radius 3 is 2.10 bits per heavy atom. The predicted octanol–water partition coefficient (Wildman–Crippen LogP) is 3.61. The van der Waals surface area contributed by atoms with Crippen LogP contribution in [0.4, 0.5) is 8.78 Å². The van der Waals surface area contributed by atoms with Gasteiger partial charge in [0, 0.05) is 6.42 Å². The van der Waals surface area contributed by atoms with E-state index >= 15 is 0 Å². The van der Waals surface area contributed by atoms with E-state index in [1.807, 2.05) is 0 Å². The number of alkyl halides is 2. The second kappa shape index (κ2) is 4.64. The van der Waals surface area contributed by atoms with Crippen LogP contribution in [0.1, 0.15) is 46.0 Å². The molecule has 0 aliphatic rings. The van der Waals surface area contributed by atoms with Crippen LogP contribution in [0, 0.1) is 0 Å². The summed E-state index contributed by atoms with van der Waals surface area (Å²) in [5.74, 6) is -2.45. The topological polar surface area (TPSA) is 0 Å².